The van der Waals surface area contributed by atoms with Crippen LogP contribution in [0.5, 0.6) is 5.75 Å². The Morgan fingerprint density at radius 3 is 2.50 bits per heavy atom. The zero-order chi connectivity index (χ0) is 15.0. The zero-order valence-corrected chi connectivity index (χ0v) is 12.9. The van der Waals surface area contributed by atoms with Crippen molar-refractivity contribution in [2.24, 2.45) is 0 Å². The molecule has 0 N–H and O–H groups in total. The van der Waals surface area contributed by atoms with Gasteiger partial charge in [0.15, 0.2) is 0 Å². The van der Waals surface area contributed by atoms with Crippen LogP contribution >= 0.6 is 0 Å². The van der Waals surface area contributed by atoms with Gasteiger partial charge in [-0.25, -0.2) is 0 Å². The van der Waals surface area contributed by atoms with Crippen LogP contribution in [0.15, 0.2) is 24.3 Å². The number of hydrogen-bond donors (Lipinski definition) is 0. The fraction of sp³-hybridized carbons (Fsp3) is 0.562. The first-order valence-corrected chi connectivity index (χ1v) is 7.23. The van der Waals surface area contributed by atoms with Gasteiger partial charge in [0.2, 0.25) is 0 Å². The van der Waals surface area contributed by atoms with Crippen molar-refractivity contribution in [1.82, 2.24) is 4.90 Å². The Hall–Kier alpha value is -1.39. The van der Waals surface area contributed by atoms with E-state index >= 15 is 0 Å². The van der Waals surface area contributed by atoms with Crippen LogP contribution in [0.1, 0.15) is 33.3 Å². The Morgan fingerprint density at radius 1 is 1.25 bits per heavy atom. The normalized spacial score (nSPS) is 12.4. The lowest BCUT2D eigenvalue weighted by molar-refractivity contribution is -0.131. The second kappa shape index (κ2) is 8.72. The van der Waals surface area contributed by atoms with Crippen molar-refractivity contribution >= 4 is 5.97 Å². The molecule has 0 bridgehead atoms. The number of carbonyl (C=O) groups is 1. The summed E-state index contributed by atoms with van der Waals surface area (Å²) in [4.78, 5) is 13.3. The SMILES string of the molecule is CCOC(Cc1cccc(OC(C)=O)c1)N(CC)CC. The zero-order valence-electron chi connectivity index (χ0n) is 12.9. The van der Waals surface area contributed by atoms with Crippen molar-refractivity contribution in [2.75, 3.05) is 19.7 Å². The number of hydrogen-bond acceptors (Lipinski definition) is 4. The molecule has 0 fully saturated rings. The van der Waals surface area contributed by atoms with Gasteiger partial charge in [-0.2, -0.15) is 0 Å². The van der Waals surface area contributed by atoms with Gasteiger partial charge in [0.05, 0.1) is 0 Å². The minimum atomic E-state index is -0.299. The molecule has 112 valence electrons. The average molecular weight is 279 g/mol. The first-order chi connectivity index (χ1) is 9.60. The number of benzene rings is 1. The second-order valence-corrected chi connectivity index (χ2v) is 4.58. The summed E-state index contributed by atoms with van der Waals surface area (Å²) in [5, 5.41) is 0. The fourth-order valence-corrected chi connectivity index (χ4v) is 2.22. The predicted molar refractivity (Wildman–Crippen MR) is 79.8 cm³/mol. The van der Waals surface area contributed by atoms with E-state index in [1.54, 1.807) is 6.07 Å². The summed E-state index contributed by atoms with van der Waals surface area (Å²) < 4.78 is 10.9. The Labute approximate surface area is 121 Å². The molecular weight excluding hydrogens is 254 g/mol. The molecule has 4 nitrogen and oxygen atoms in total. The number of likely N-dealkylation sites (N-methyl/N-ethyl adjacent to an activating group) is 1. The van der Waals surface area contributed by atoms with Gasteiger partial charge in [0.25, 0.3) is 0 Å². The van der Waals surface area contributed by atoms with Crippen molar-refractivity contribution in [2.45, 2.75) is 40.3 Å². The molecule has 0 amide bonds. The first-order valence-electron chi connectivity index (χ1n) is 7.23. The number of nitrogens with zero attached hydrogens (tertiary/aromatic N) is 1. The molecule has 1 atom stereocenters. The number of carbonyl (C=O) groups excluding carboxylic acids is 1. The van der Waals surface area contributed by atoms with E-state index in [1.807, 2.05) is 25.1 Å². The highest BCUT2D eigenvalue weighted by atomic mass is 16.5. The lowest BCUT2D eigenvalue weighted by Crippen LogP contribution is -2.38. The Morgan fingerprint density at radius 2 is 1.95 bits per heavy atom. The van der Waals surface area contributed by atoms with E-state index in [0.717, 1.165) is 25.1 Å². The highest BCUT2D eigenvalue weighted by Crippen LogP contribution is 2.17. The third-order valence-corrected chi connectivity index (χ3v) is 3.15. The third kappa shape index (κ3) is 5.31. The van der Waals surface area contributed by atoms with E-state index in [9.17, 15) is 4.79 Å². The van der Waals surface area contributed by atoms with Crippen molar-refractivity contribution in [3.63, 3.8) is 0 Å². The third-order valence-electron chi connectivity index (χ3n) is 3.15. The largest absolute Gasteiger partial charge is 0.427 e. The molecule has 1 aromatic carbocycles. The van der Waals surface area contributed by atoms with E-state index in [2.05, 4.69) is 18.7 Å². The molecule has 0 saturated carbocycles. The van der Waals surface area contributed by atoms with E-state index in [0.29, 0.717) is 12.4 Å². The lowest BCUT2D eigenvalue weighted by atomic mass is 10.1. The average Bonchev–Trinajstić information content (AvgIpc) is 2.40. The highest BCUT2D eigenvalue weighted by Gasteiger charge is 2.16. The molecule has 1 rings (SSSR count). The van der Waals surface area contributed by atoms with Gasteiger partial charge in [-0.05, 0) is 37.7 Å². The van der Waals surface area contributed by atoms with Crippen molar-refractivity contribution < 1.29 is 14.3 Å². The molecule has 0 saturated heterocycles. The molecule has 0 aromatic heterocycles. The van der Waals surface area contributed by atoms with E-state index in [4.69, 9.17) is 9.47 Å². The number of esters is 1. The van der Waals surface area contributed by atoms with Gasteiger partial charge >= 0.3 is 5.97 Å². The molecule has 0 aliphatic heterocycles. The van der Waals surface area contributed by atoms with Gasteiger partial charge in [-0.1, -0.05) is 26.0 Å². The van der Waals surface area contributed by atoms with Crippen LogP contribution < -0.4 is 4.74 Å². The molecule has 0 aliphatic carbocycles. The standard InChI is InChI=1S/C16H25NO3/c1-5-17(6-2)16(19-7-3)12-14-9-8-10-15(11-14)20-13(4)18/h8-11,16H,5-7,12H2,1-4H3. The molecule has 1 aromatic rings. The molecular formula is C16H25NO3. The van der Waals surface area contributed by atoms with Gasteiger partial charge < -0.3 is 9.47 Å². The maximum Gasteiger partial charge on any atom is 0.308 e. The topological polar surface area (TPSA) is 38.8 Å². The van der Waals surface area contributed by atoms with Gasteiger partial charge in [0.1, 0.15) is 12.0 Å². The Kier molecular flexibility index (Phi) is 7.26. The molecule has 1 unspecified atom stereocenters. The van der Waals surface area contributed by atoms with Crippen molar-refractivity contribution in [1.29, 1.82) is 0 Å². The highest BCUT2D eigenvalue weighted by molar-refractivity contribution is 5.69. The van der Waals surface area contributed by atoms with Crippen molar-refractivity contribution in [3.8, 4) is 5.75 Å². The smallest absolute Gasteiger partial charge is 0.308 e. The summed E-state index contributed by atoms with van der Waals surface area (Å²) in [5.41, 5.74) is 1.11. The minimum absolute atomic E-state index is 0.0579. The molecule has 0 spiro atoms. The van der Waals surface area contributed by atoms with Crippen molar-refractivity contribution in [3.05, 3.63) is 29.8 Å². The monoisotopic (exact) mass is 279 g/mol. The summed E-state index contributed by atoms with van der Waals surface area (Å²) in [5.74, 6) is 0.289. The predicted octanol–water partition coefficient (Wildman–Crippen LogP) is 2.86. The van der Waals surface area contributed by atoms with Gasteiger partial charge in [-0.15, -0.1) is 0 Å². The van der Waals surface area contributed by atoms with Crippen LogP contribution in [-0.2, 0) is 16.0 Å². The van der Waals surface area contributed by atoms with Crippen LogP contribution in [0.3, 0.4) is 0 Å². The minimum Gasteiger partial charge on any atom is -0.427 e. The van der Waals surface area contributed by atoms with Gasteiger partial charge in [-0.3, -0.25) is 9.69 Å². The molecule has 20 heavy (non-hydrogen) atoms. The maximum atomic E-state index is 11.0. The van der Waals surface area contributed by atoms with Crippen LogP contribution in [-0.4, -0.2) is 36.8 Å². The van der Waals surface area contributed by atoms with Crippen LogP contribution in [0.2, 0.25) is 0 Å². The fourth-order valence-electron chi connectivity index (χ4n) is 2.22. The second-order valence-electron chi connectivity index (χ2n) is 4.58. The van der Waals surface area contributed by atoms with Gasteiger partial charge in [0, 0.05) is 20.0 Å². The lowest BCUT2D eigenvalue weighted by Gasteiger charge is -2.29. The summed E-state index contributed by atoms with van der Waals surface area (Å²) in [6, 6.07) is 7.62. The molecule has 0 heterocycles. The summed E-state index contributed by atoms with van der Waals surface area (Å²) in [6.45, 7) is 10.3. The van der Waals surface area contributed by atoms with E-state index in [1.165, 1.54) is 6.92 Å². The summed E-state index contributed by atoms with van der Waals surface area (Å²) in [6.07, 6.45) is 0.840. The summed E-state index contributed by atoms with van der Waals surface area (Å²) in [7, 11) is 0. The summed E-state index contributed by atoms with van der Waals surface area (Å²) >= 11 is 0. The molecule has 0 radical (unpaired) electrons. The van der Waals surface area contributed by atoms with E-state index < -0.39 is 0 Å². The van der Waals surface area contributed by atoms with Crippen LogP contribution in [0.25, 0.3) is 0 Å². The molecule has 0 aliphatic rings. The Bertz CT molecular complexity index is 416. The Balaban J connectivity index is 2.79. The maximum absolute atomic E-state index is 11.0. The van der Waals surface area contributed by atoms with Crippen LogP contribution in [0.4, 0.5) is 0 Å². The molecule has 4 heteroatoms. The van der Waals surface area contributed by atoms with Crippen LogP contribution in [0, 0.1) is 0 Å². The number of rotatable bonds is 8. The quantitative estimate of drug-likeness (QED) is 0.417. The first kappa shape index (κ1) is 16.7. The number of ether oxygens (including phenoxy) is 2. The van der Waals surface area contributed by atoms with E-state index in [-0.39, 0.29) is 12.2 Å².